The number of thioether (sulfide) groups is 1. The molecule has 12 bridgehead atoms. The first-order chi connectivity index (χ1) is 43.2. The number of halogens is 1. The van der Waals surface area contributed by atoms with E-state index < -0.39 is 95.1 Å². The molecule has 462 valence electrons. The Bertz CT molecular complexity index is 4360. The van der Waals surface area contributed by atoms with Gasteiger partial charge in [0, 0.05) is 72.2 Å². The first-order valence-electron chi connectivity index (χ1n) is 27.0. The predicted molar refractivity (Wildman–Crippen MR) is 342 cm³/mol. The van der Waals surface area contributed by atoms with Crippen molar-refractivity contribution in [3.63, 3.8) is 0 Å². The lowest BCUT2D eigenvalue weighted by molar-refractivity contribution is -0.155. The molecule has 0 saturated heterocycles. The third kappa shape index (κ3) is 13.6. The van der Waals surface area contributed by atoms with Crippen molar-refractivity contribution in [1.82, 2.24) is 61.5 Å². The number of nitrogens with zero attached hydrogens (tertiary/aromatic N) is 6. The van der Waals surface area contributed by atoms with Crippen LogP contribution in [0.3, 0.4) is 0 Å². The topological polar surface area (TPSA) is 398 Å². The van der Waals surface area contributed by atoms with Crippen LogP contribution in [0, 0.1) is 6.92 Å². The second-order valence-electron chi connectivity index (χ2n) is 20.2. The molecule has 0 saturated carbocycles. The Morgan fingerprint density at radius 3 is 2.17 bits per heavy atom. The number of thiazole rings is 5. The average molecular weight is 1390 g/mol. The van der Waals surface area contributed by atoms with Crippen LogP contribution in [-0.2, 0) is 25.7 Å². The fraction of sp³-hybridized carbons (Fsp3) is 0.228. The van der Waals surface area contributed by atoms with E-state index in [1.54, 1.807) is 61.7 Å². The maximum Gasteiger partial charge on any atom is 0.335 e. The minimum atomic E-state index is -1.84. The van der Waals surface area contributed by atoms with E-state index in [0.29, 0.717) is 27.7 Å². The predicted octanol–water partition coefficient (Wildman–Crippen LogP) is 6.61. The quantitative estimate of drug-likeness (QED) is 0.0712. The van der Waals surface area contributed by atoms with E-state index in [4.69, 9.17) is 20.4 Å². The van der Waals surface area contributed by atoms with Crippen molar-refractivity contribution >= 4 is 153 Å². The summed E-state index contributed by atoms with van der Waals surface area (Å²) in [5.41, 5.74) is 7.90. The zero-order chi connectivity index (χ0) is 63.7. The number of primary amides is 1. The summed E-state index contributed by atoms with van der Waals surface area (Å²) in [5.74, 6) is -6.45. The highest BCUT2D eigenvalue weighted by atomic mass is 79.9. The Morgan fingerprint density at radius 2 is 1.44 bits per heavy atom. The number of aliphatic hydroxyl groups is 2. The number of allylic oxidation sites excluding steroid dienone is 1. The summed E-state index contributed by atoms with van der Waals surface area (Å²) < 4.78 is 6.48. The van der Waals surface area contributed by atoms with Gasteiger partial charge in [0.05, 0.1) is 29.6 Å². The molecule has 9 heterocycles. The highest BCUT2D eigenvalue weighted by molar-refractivity contribution is 9.10. The number of ether oxygens (including phenoxy) is 1. The van der Waals surface area contributed by atoms with E-state index >= 15 is 0 Å². The number of aryl methyl sites for hydroxylation is 1. The molecule has 2 aliphatic heterocycles. The molecule has 26 nitrogen and oxygen atoms in total. The number of rotatable bonds is 8. The lowest BCUT2D eigenvalue weighted by Crippen LogP contribution is -2.52. The summed E-state index contributed by atoms with van der Waals surface area (Å²) in [6.45, 7) is 4.25. The van der Waals surface area contributed by atoms with Crippen molar-refractivity contribution in [2.24, 2.45) is 5.73 Å². The third-order valence-corrected chi connectivity index (χ3v) is 20.1. The van der Waals surface area contributed by atoms with Gasteiger partial charge in [-0.25, -0.2) is 34.7 Å². The van der Waals surface area contributed by atoms with Gasteiger partial charge in [0.1, 0.15) is 89.3 Å². The number of benzene rings is 2. The number of esters is 1. The third-order valence-electron chi connectivity index (χ3n) is 14.1. The number of H-pyrrole nitrogens is 1. The molecule has 0 fully saturated rings. The number of aromatic hydroxyl groups is 1. The van der Waals surface area contributed by atoms with Gasteiger partial charge in [-0.1, -0.05) is 45.9 Å². The van der Waals surface area contributed by atoms with Crippen LogP contribution in [-0.4, -0.2) is 133 Å². The average Bonchev–Trinajstić information content (AvgIpc) is 2.64. The summed E-state index contributed by atoms with van der Waals surface area (Å²) in [5, 5.41) is 58.9. The summed E-state index contributed by atoms with van der Waals surface area (Å²) in [6.07, 6.45) is -2.30. The van der Waals surface area contributed by atoms with Crippen LogP contribution in [0.1, 0.15) is 111 Å². The molecule has 11 rings (SSSR count). The van der Waals surface area contributed by atoms with E-state index in [1.807, 2.05) is 0 Å². The van der Waals surface area contributed by atoms with Crippen molar-refractivity contribution in [1.29, 1.82) is 0 Å². The van der Waals surface area contributed by atoms with Gasteiger partial charge in [-0.2, -0.15) is 0 Å². The molecule has 0 spiro atoms. The maximum absolute atomic E-state index is 14.6. The Kier molecular flexibility index (Phi) is 18.7. The Morgan fingerprint density at radius 1 is 0.800 bits per heavy atom. The van der Waals surface area contributed by atoms with E-state index in [-0.39, 0.29) is 101 Å². The number of fused-ring (bicyclic) bond motifs is 13. The molecule has 2 aromatic carbocycles. The number of pyridine rings is 1. The van der Waals surface area contributed by atoms with Crippen molar-refractivity contribution in [3.8, 4) is 38.4 Å². The number of aliphatic hydroxyl groups excluding tert-OH is 2. The molecule has 2 aliphatic rings. The molecule has 6 amide bonds. The molecule has 33 heteroatoms. The number of nitrogens with one attached hydrogen (secondary N) is 7. The standard InChI is InChI=1S/C57H49BrN14O12S6/c1-4-28-52-68-33(18-87-52)46(77)63-30-13-39(75)56(82)84-15-24-6-5-7-29-40(24)22(2)41(61-29)57(83)90-21-37(65-48(79)34-19-88-53(30)69-34)54-66-32(16-86-54)43-27(51-67-36(17-85-51)49(80)72-42(23(3)73)50(81)62-28)12-38(74)44(71-43)55-70-35(20-89-55)47(78)64-31(45(59)76)14-60-26-10-8-25(58)9-11-26/h4-12,16-20,23,30-31,37,39,42,60-61,73-75H,13-15,21H2,1-3H3,(H2,59,76)(H,62,81)(H,63,77)(H,64,78)(H,65,79)(H,72,80)/b28-4-/t23-,30+,31?,37+,39-,42+/m1/s1. The number of cyclic esters (lactones) is 1. The van der Waals surface area contributed by atoms with Crippen molar-refractivity contribution in [2.75, 3.05) is 17.6 Å². The van der Waals surface area contributed by atoms with Gasteiger partial charge in [-0.3, -0.25) is 33.6 Å². The normalized spacial score (nSPS) is 18.9. The summed E-state index contributed by atoms with van der Waals surface area (Å²) >= 11 is 9.15. The first-order valence-corrected chi connectivity index (χ1v) is 33.2. The molecule has 9 aromatic rings. The fourth-order valence-corrected chi connectivity index (χ4v) is 14.9. The number of carbonyl (C=O) groups is 8. The zero-order valence-electron chi connectivity index (χ0n) is 47.0. The monoisotopic (exact) mass is 1390 g/mol. The van der Waals surface area contributed by atoms with Gasteiger partial charge in [-0.05, 0) is 68.3 Å². The second kappa shape index (κ2) is 26.8. The number of amides is 6. The number of hydrogen-bond acceptors (Lipinski definition) is 25. The van der Waals surface area contributed by atoms with Crippen molar-refractivity contribution in [3.05, 3.63) is 141 Å². The Hall–Kier alpha value is -8.67. The number of aromatic amines is 1. The highest BCUT2D eigenvalue weighted by Gasteiger charge is 2.34. The second-order valence-corrected chi connectivity index (χ2v) is 26.4. The van der Waals surface area contributed by atoms with Gasteiger partial charge < -0.3 is 62.7 Å². The molecular weight excluding hydrogens is 1350 g/mol. The van der Waals surface area contributed by atoms with Crippen molar-refractivity contribution in [2.45, 2.75) is 70.2 Å². The van der Waals surface area contributed by atoms with E-state index in [0.717, 1.165) is 72.9 Å². The molecule has 7 aromatic heterocycles. The van der Waals surface area contributed by atoms with Gasteiger partial charge in [0.2, 0.25) is 16.9 Å². The minimum Gasteiger partial charge on any atom is -0.506 e. The molecule has 90 heavy (non-hydrogen) atoms. The lowest BCUT2D eigenvalue weighted by atomic mass is 10.1. The van der Waals surface area contributed by atoms with Crippen LogP contribution in [0.2, 0.25) is 0 Å². The van der Waals surface area contributed by atoms with Gasteiger partial charge >= 0.3 is 5.97 Å². The molecular formula is C57H49BrN14O12S6. The number of carbonyl (C=O) groups excluding carboxylic acids is 8. The van der Waals surface area contributed by atoms with Gasteiger partial charge in [0.25, 0.3) is 23.6 Å². The summed E-state index contributed by atoms with van der Waals surface area (Å²) in [7, 11) is 0. The fourth-order valence-electron chi connectivity index (χ4n) is 9.42. The number of nitrogens with two attached hydrogens (primary N) is 1. The molecule has 0 radical (unpaired) electrons. The van der Waals surface area contributed by atoms with Gasteiger partial charge in [0.15, 0.2) is 6.10 Å². The Labute approximate surface area is 541 Å². The van der Waals surface area contributed by atoms with E-state index in [9.17, 15) is 53.7 Å². The first kappa shape index (κ1) is 62.9. The van der Waals surface area contributed by atoms with Crippen LogP contribution < -0.4 is 37.6 Å². The van der Waals surface area contributed by atoms with Crippen LogP contribution in [0.5, 0.6) is 5.75 Å². The zero-order valence-corrected chi connectivity index (χ0v) is 53.5. The molecule has 6 atom stereocenters. The van der Waals surface area contributed by atoms with Gasteiger partial charge in [-0.15, -0.1) is 56.7 Å². The molecule has 12 N–H and O–H groups in total. The Balaban J connectivity index is 1.01. The number of aromatic nitrogens is 7. The smallest absolute Gasteiger partial charge is 0.335 e. The SMILES string of the molecule is C/C=C1\NC(=O)[C@H]([C@@H](C)O)NC(=O)c2csc(n2)-c2cc(O)c(-c3nc(C(=O)NC(CNc4ccc(Br)cc4)C(N)=O)cs3)nc2-c2csc(n2)[C@@H]2CSC(=O)c3[nH]c4cccc(c4c3C)COC(=O)[C@H](O)C[C@H](NC(=O)c3csc1n3)c1nc(cs1)C(=O)N2. The lowest BCUT2D eigenvalue weighted by Gasteiger charge is -2.21. The largest absolute Gasteiger partial charge is 0.506 e. The highest BCUT2D eigenvalue weighted by Crippen LogP contribution is 2.42. The van der Waals surface area contributed by atoms with Crippen LogP contribution in [0.25, 0.3) is 49.3 Å². The minimum absolute atomic E-state index is 0.0488. The number of anilines is 1. The van der Waals surface area contributed by atoms with Crippen molar-refractivity contribution < 1.29 is 58.4 Å². The van der Waals surface area contributed by atoms with E-state index in [1.165, 1.54) is 40.6 Å². The maximum atomic E-state index is 14.6. The molecule has 0 aliphatic carbocycles. The number of hydrogen-bond donors (Lipinski definition) is 11. The van der Waals surface area contributed by atoms with Crippen LogP contribution in [0.15, 0.2) is 86.0 Å². The summed E-state index contributed by atoms with van der Waals surface area (Å²) in [6, 6.07) is 8.58. The summed E-state index contributed by atoms with van der Waals surface area (Å²) in [4.78, 5) is 142. The van der Waals surface area contributed by atoms with E-state index in [2.05, 4.69) is 72.8 Å². The van der Waals surface area contributed by atoms with Crippen LogP contribution >= 0.6 is 84.4 Å². The van der Waals surface area contributed by atoms with Crippen LogP contribution in [0.4, 0.5) is 5.69 Å². The molecule has 1 unspecified atom stereocenters.